The number of primary amides is 1. The van der Waals surface area contributed by atoms with Crippen LogP contribution in [0.4, 0.5) is 5.69 Å². The van der Waals surface area contributed by atoms with E-state index < -0.39 is 24.4 Å². The Bertz CT molecular complexity index is 830. The summed E-state index contributed by atoms with van der Waals surface area (Å²) in [6.45, 7) is 1.58. The van der Waals surface area contributed by atoms with E-state index in [-0.39, 0.29) is 5.75 Å². The second kappa shape index (κ2) is 9.79. The molecule has 0 saturated heterocycles. The van der Waals surface area contributed by atoms with Gasteiger partial charge in [-0.25, -0.2) is 4.79 Å². The van der Waals surface area contributed by atoms with E-state index in [0.29, 0.717) is 10.6 Å². The molecular formula is C18H18N2O4S2. The van der Waals surface area contributed by atoms with Crippen LogP contribution in [0.1, 0.15) is 9.75 Å². The van der Waals surface area contributed by atoms with Gasteiger partial charge in [-0.1, -0.05) is 12.1 Å². The van der Waals surface area contributed by atoms with Crippen molar-refractivity contribution in [1.82, 2.24) is 0 Å². The van der Waals surface area contributed by atoms with Crippen LogP contribution in [0.2, 0.25) is 0 Å². The fraction of sp³-hybridized carbons (Fsp3) is 0.167. The maximum absolute atomic E-state index is 12.0. The molecule has 0 bridgehead atoms. The molecule has 2 rings (SSSR count). The van der Waals surface area contributed by atoms with Crippen LogP contribution in [0.25, 0.3) is 6.08 Å². The zero-order valence-corrected chi connectivity index (χ0v) is 15.7. The number of hydrogen-bond donors (Lipinski definition) is 2. The highest BCUT2D eigenvalue weighted by atomic mass is 32.2. The van der Waals surface area contributed by atoms with Gasteiger partial charge in [0.25, 0.3) is 5.91 Å². The molecule has 0 radical (unpaired) electrons. The van der Waals surface area contributed by atoms with Crippen LogP contribution in [0.3, 0.4) is 0 Å². The number of thiophene rings is 1. The minimum Gasteiger partial charge on any atom is -0.452 e. The number of anilines is 1. The maximum Gasteiger partial charge on any atom is 0.331 e. The number of carbonyl (C=O) groups excluding carboxylic acids is 3. The lowest BCUT2D eigenvalue weighted by molar-refractivity contribution is -0.142. The summed E-state index contributed by atoms with van der Waals surface area (Å²) in [5, 5.41) is 2.66. The lowest BCUT2D eigenvalue weighted by Gasteiger charge is -2.10. The number of amides is 2. The van der Waals surface area contributed by atoms with Gasteiger partial charge in [0, 0.05) is 20.7 Å². The number of nitrogens with two attached hydrogens (primary N) is 1. The van der Waals surface area contributed by atoms with Crippen LogP contribution in [0.5, 0.6) is 0 Å². The molecular weight excluding hydrogens is 372 g/mol. The van der Waals surface area contributed by atoms with E-state index >= 15 is 0 Å². The van der Waals surface area contributed by atoms with E-state index in [1.54, 1.807) is 41.7 Å². The molecule has 0 spiro atoms. The van der Waals surface area contributed by atoms with Gasteiger partial charge in [0.2, 0.25) is 5.91 Å². The molecule has 1 aromatic heterocycles. The van der Waals surface area contributed by atoms with E-state index in [1.807, 2.05) is 19.1 Å². The van der Waals surface area contributed by atoms with Gasteiger partial charge in [-0.2, -0.15) is 0 Å². The first kappa shape index (κ1) is 19.7. The first-order valence-electron chi connectivity index (χ1n) is 7.65. The van der Waals surface area contributed by atoms with E-state index in [0.717, 1.165) is 9.75 Å². The molecule has 0 aliphatic heterocycles. The van der Waals surface area contributed by atoms with Crippen molar-refractivity contribution in [3.8, 4) is 0 Å². The van der Waals surface area contributed by atoms with Gasteiger partial charge in [-0.05, 0) is 37.3 Å². The lowest BCUT2D eigenvalue weighted by atomic mass is 10.3. The second-order valence-electron chi connectivity index (χ2n) is 5.19. The fourth-order valence-corrected chi connectivity index (χ4v) is 3.44. The zero-order valence-electron chi connectivity index (χ0n) is 14.1. The summed E-state index contributed by atoms with van der Waals surface area (Å²) in [6, 6.07) is 10.9. The molecule has 26 heavy (non-hydrogen) atoms. The molecule has 3 N–H and O–H groups in total. The molecule has 0 fully saturated rings. The highest BCUT2D eigenvalue weighted by molar-refractivity contribution is 8.00. The molecule has 6 nitrogen and oxygen atoms in total. The molecule has 0 unspecified atom stereocenters. The Balaban J connectivity index is 1.84. The molecule has 1 aromatic carbocycles. The largest absolute Gasteiger partial charge is 0.452 e. The minimum absolute atomic E-state index is 0.106. The standard InChI is InChI=1S/C18H18N2O4S2/c1-12-6-7-13(26-12)8-9-18(23)24-10-17(22)20-14-4-2-3-5-15(14)25-11-16(19)21/h2-9H,10-11H2,1H3,(H2,19,21)(H,20,22)/b9-8+. The summed E-state index contributed by atoms with van der Waals surface area (Å²) in [5.74, 6) is -1.40. The number of benzene rings is 1. The third-order valence-corrected chi connectivity index (χ3v) is 5.08. The Morgan fingerprint density at radius 2 is 2.00 bits per heavy atom. The molecule has 2 amide bonds. The molecule has 0 aliphatic carbocycles. The Labute approximate surface area is 159 Å². The number of hydrogen-bond acceptors (Lipinski definition) is 6. The number of rotatable bonds is 8. The highest BCUT2D eigenvalue weighted by Gasteiger charge is 2.10. The van der Waals surface area contributed by atoms with Crippen LogP contribution < -0.4 is 11.1 Å². The topological polar surface area (TPSA) is 98.5 Å². The van der Waals surface area contributed by atoms with Gasteiger partial charge >= 0.3 is 5.97 Å². The smallest absolute Gasteiger partial charge is 0.331 e. The quantitative estimate of drug-likeness (QED) is 0.410. The predicted molar refractivity (Wildman–Crippen MR) is 104 cm³/mol. The number of ether oxygens (including phenoxy) is 1. The third kappa shape index (κ3) is 6.73. The summed E-state index contributed by atoms with van der Waals surface area (Å²) in [4.78, 5) is 37.3. The van der Waals surface area contributed by atoms with Crippen molar-refractivity contribution in [1.29, 1.82) is 0 Å². The molecule has 0 aliphatic rings. The molecule has 1 heterocycles. The van der Waals surface area contributed by atoms with Crippen molar-refractivity contribution in [2.45, 2.75) is 11.8 Å². The van der Waals surface area contributed by atoms with E-state index in [2.05, 4.69) is 5.32 Å². The van der Waals surface area contributed by atoms with Crippen molar-refractivity contribution in [3.63, 3.8) is 0 Å². The Hall–Kier alpha value is -2.58. The average molecular weight is 390 g/mol. The first-order chi connectivity index (χ1) is 12.4. The van der Waals surface area contributed by atoms with Crippen molar-refractivity contribution < 1.29 is 19.1 Å². The summed E-state index contributed by atoms with van der Waals surface area (Å²) in [7, 11) is 0. The van der Waals surface area contributed by atoms with Gasteiger partial charge in [0.1, 0.15) is 0 Å². The minimum atomic E-state index is -0.595. The number of thioether (sulfide) groups is 1. The normalized spacial score (nSPS) is 10.7. The third-order valence-electron chi connectivity index (χ3n) is 3.02. The van der Waals surface area contributed by atoms with Crippen LogP contribution in [0.15, 0.2) is 47.4 Å². The van der Waals surface area contributed by atoms with Gasteiger partial charge in [-0.15, -0.1) is 23.1 Å². The molecule has 136 valence electrons. The summed E-state index contributed by atoms with van der Waals surface area (Å²) < 4.78 is 4.93. The van der Waals surface area contributed by atoms with E-state index in [4.69, 9.17) is 10.5 Å². The predicted octanol–water partition coefficient (Wildman–Crippen LogP) is 2.83. The number of aryl methyl sites for hydroxylation is 1. The lowest BCUT2D eigenvalue weighted by Crippen LogP contribution is -2.20. The monoisotopic (exact) mass is 390 g/mol. The van der Waals surface area contributed by atoms with Crippen LogP contribution in [-0.4, -0.2) is 30.1 Å². The van der Waals surface area contributed by atoms with Crippen molar-refractivity contribution >= 4 is 52.6 Å². The first-order valence-corrected chi connectivity index (χ1v) is 9.45. The Morgan fingerprint density at radius 1 is 1.23 bits per heavy atom. The number of esters is 1. The Morgan fingerprint density at radius 3 is 2.69 bits per heavy atom. The number of carbonyl (C=O) groups is 3. The average Bonchev–Trinajstić information content (AvgIpc) is 3.02. The summed E-state index contributed by atoms with van der Waals surface area (Å²) >= 11 is 2.78. The maximum atomic E-state index is 12.0. The van der Waals surface area contributed by atoms with Crippen LogP contribution in [0, 0.1) is 6.92 Å². The molecule has 2 aromatic rings. The zero-order chi connectivity index (χ0) is 18.9. The summed E-state index contributed by atoms with van der Waals surface area (Å²) in [5.41, 5.74) is 5.67. The molecule has 8 heteroatoms. The van der Waals surface area contributed by atoms with Crippen molar-refractivity contribution in [2.75, 3.05) is 17.7 Å². The van der Waals surface area contributed by atoms with Crippen molar-refractivity contribution in [2.24, 2.45) is 5.73 Å². The van der Waals surface area contributed by atoms with E-state index in [9.17, 15) is 14.4 Å². The van der Waals surface area contributed by atoms with Crippen LogP contribution in [-0.2, 0) is 19.1 Å². The van der Waals surface area contributed by atoms with Gasteiger partial charge in [0.15, 0.2) is 6.61 Å². The summed E-state index contributed by atoms with van der Waals surface area (Å²) in [6.07, 6.45) is 2.93. The number of para-hydroxylation sites is 1. The van der Waals surface area contributed by atoms with Crippen LogP contribution >= 0.6 is 23.1 Å². The Kier molecular flexibility index (Phi) is 7.43. The second-order valence-corrected chi connectivity index (χ2v) is 7.53. The van der Waals surface area contributed by atoms with Crippen molar-refractivity contribution in [3.05, 3.63) is 52.2 Å². The molecule has 0 atom stereocenters. The SMILES string of the molecule is Cc1ccc(/C=C/C(=O)OCC(=O)Nc2ccccc2SCC(N)=O)s1. The fourth-order valence-electron chi connectivity index (χ4n) is 1.91. The van der Waals surface area contributed by atoms with Gasteiger partial charge in [-0.3, -0.25) is 9.59 Å². The highest BCUT2D eigenvalue weighted by Crippen LogP contribution is 2.26. The van der Waals surface area contributed by atoms with Gasteiger partial charge < -0.3 is 15.8 Å². The van der Waals surface area contributed by atoms with E-state index in [1.165, 1.54) is 17.8 Å². The number of nitrogens with one attached hydrogen (secondary N) is 1. The van der Waals surface area contributed by atoms with Gasteiger partial charge in [0.05, 0.1) is 11.4 Å². The molecule has 0 saturated carbocycles.